The van der Waals surface area contributed by atoms with Gasteiger partial charge in [0.15, 0.2) is 28.9 Å². The van der Waals surface area contributed by atoms with Crippen molar-refractivity contribution in [1.29, 1.82) is 0 Å². The lowest BCUT2D eigenvalue weighted by molar-refractivity contribution is -0.117. The van der Waals surface area contributed by atoms with E-state index in [1.54, 1.807) is 76.8 Å². The quantitative estimate of drug-likeness (QED) is 0.0225. The van der Waals surface area contributed by atoms with Crippen LogP contribution in [0.4, 0.5) is 101 Å². The van der Waals surface area contributed by atoms with Crippen molar-refractivity contribution in [2.75, 3.05) is 113 Å². The van der Waals surface area contributed by atoms with Crippen molar-refractivity contribution in [2.45, 2.75) is 95.9 Å². The van der Waals surface area contributed by atoms with E-state index in [4.69, 9.17) is 84.8 Å². The molecule has 0 bridgehead atoms. The van der Waals surface area contributed by atoms with Crippen molar-refractivity contribution in [1.82, 2.24) is 35.2 Å². The van der Waals surface area contributed by atoms with Gasteiger partial charge in [0, 0.05) is 90.8 Å². The van der Waals surface area contributed by atoms with Crippen LogP contribution in [0.15, 0.2) is 123 Å². The number of fused-ring (bicyclic) bond motifs is 3. The molecule has 29 nitrogen and oxygen atoms in total. The second-order valence-electron chi connectivity index (χ2n) is 27.5. The van der Waals surface area contributed by atoms with Crippen LogP contribution >= 0.6 is 46.4 Å². The van der Waals surface area contributed by atoms with Gasteiger partial charge in [0.25, 0.3) is 6.43 Å². The molecule has 0 spiro atoms. The number of nitrogens with one attached hydrogen (secondary N) is 5. The third kappa shape index (κ3) is 18.8. The number of rotatable bonds is 28. The molecule has 6 heterocycles. The van der Waals surface area contributed by atoms with Crippen molar-refractivity contribution in [3.63, 3.8) is 0 Å². The zero-order valence-corrected chi connectivity index (χ0v) is 67.2. The number of hydrogen-bond donors (Lipinski definition) is 5. The predicted molar refractivity (Wildman–Crippen MR) is 438 cm³/mol. The first-order valence-electron chi connectivity index (χ1n) is 36.8. The van der Waals surface area contributed by atoms with Crippen molar-refractivity contribution >= 4 is 152 Å². The minimum Gasteiger partial charge on any atom is -0.495 e. The number of allylic oxidation sites excluding steroid dienone is 1. The van der Waals surface area contributed by atoms with E-state index in [1.807, 2.05) is 6.07 Å². The van der Waals surface area contributed by atoms with Crippen LogP contribution in [0.2, 0.25) is 20.1 Å². The van der Waals surface area contributed by atoms with E-state index in [0.717, 1.165) is 77.2 Å². The summed E-state index contributed by atoms with van der Waals surface area (Å²) in [7, 11) is 8.23. The predicted octanol–water partition coefficient (Wildman–Crippen LogP) is 16.2. The molecule has 614 valence electrons. The van der Waals surface area contributed by atoms with E-state index < -0.39 is 54.4 Å². The van der Waals surface area contributed by atoms with Crippen LogP contribution in [0.5, 0.6) is 34.5 Å². The average Bonchev–Trinajstić information content (AvgIpc) is 1.74. The number of alkyl halides is 2. The molecule has 3 fully saturated rings. The molecule has 8 aromatic rings. The van der Waals surface area contributed by atoms with E-state index in [9.17, 15) is 37.5 Å². The Morgan fingerprint density at radius 2 is 0.897 bits per heavy atom. The highest BCUT2D eigenvalue weighted by Crippen LogP contribution is 2.51. The van der Waals surface area contributed by atoms with Crippen LogP contribution in [-0.4, -0.2) is 146 Å². The number of halogens is 8. The summed E-state index contributed by atoms with van der Waals surface area (Å²) in [6.45, 7) is 10.3. The average molecular weight is 1690 g/mol. The number of ketones is 1. The molecule has 3 saturated carbocycles. The molecule has 37 heteroatoms. The Kier molecular flexibility index (Phi) is 26.9. The first-order chi connectivity index (χ1) is 56.4. The molecule has 6 aliphatic rings. The molecule has 5 N–H and O–H groups in total. The van der Waals surface area contributed by atoms with Crippen molar-refractivity contribution < 1.29 is 74.8 Å². The smallest absolute Gasteiger partial charge is 0.330 e. The molecule has 14 rings (SSSR count). The number of methoxy groups -OCH3 is 6. The van der Waals surface area contributed by atoms with Crippen LogP contribution < -0.4 is 84.4 Å². The van der Waals surface area contributed by atoms with Crippen LogP contribution in [0.3, 0.4) is 0 Å². The number of ether oxygens (including phenoxy) is 6. The van der Waals surface area contributed by atoms with Gasteiger partial charge in [-0.3, -0.25) is 43.8 Å². The van der Waals surface area contributed by atoms with Crippen LogP contribution in [0, 0.1) is 23.5 Å². The summed E-state index contributed by atoms with van der Waals surface area (Å²) in [4.78, 5) is 112. The van der Waals surface area contributed by atoms with Crippen molar-refractivity contribution in [2.24, 2.45) is 11.8 Å². The highest BCUT2D eigenvalue weighted by atomic mass is 35.5. The number of hydrogen-bond acceptors (Lipinski definition) is 21. The molecule has 117 heavy (non-hydrogen) atoms. The first kappa shape index (κ1) is 84.5. The van der Waals surface area contributed by atoms with E-state index >= 15 is 8.78 Å². The Morgan fingerprint density at radius 3 is 1.34 bits per heavy atom. The summed E-state index contributed by atoms with van der Waals surface area (Å²) in [6, 6.07) is 16.3. The molecular formula is C80H81Cl4F4N17O12. The second-order valence-corrected chi connectivity index (χ2v) is 29.0. The number of carbonyl (C=O) groups is 6. The lowest BCUT2D eigenvalue weighted by Crippen LogP contribution is -2.50. The highest BCUT2D eigenvalue weighted by Gasteiger charge is 2.44. The van der Waals surface area contributed by atoms with Gasteiger partial charge in [0.2, 0.25) is 29.7 Å². The van der Waals surface area contributed by atoms with E-state index in [-0.39, 0.29) is 105 Å². The fraction of sp³-hybridized carbons (Fsp3) is 0.325. The van der Waals surface area contributed by atoms with E-state index in [0.29, 0.717) is 115 Å². The molecule has 5 aromatic carbocycles. The fourth-order valence-electron chi connectivity index (χ4n) is 13.5. The van der Waals surface area contributed by atoms with Crippen LogP contribution in [0.25, 0.3) is 0 Å². The van der Waals surface area contributed by atoms with Crippen LogP contribution in [0.1, 0.15) is 73.6 Å². The zero-order valence-electron chi connectivity index (χ0n) is 64.2. The molecule has 3 aromatic heterocycles. The monoisotopic (exact) mass is 1690 g/mol. The SMILES string of the molecule is C=CC(=O)Cc1ccccc1Nc1ncc2c(n1)N(CC(F)F)C(=O)N(c1c(F)c(OC)cc(OC)c1F)C2.C=CC(=O)NC1CCCCC1Nc1ncc2c(n1)N(CC1CC1)C(=O)N(c1c(Cl)c(OC)cc(OC)c1Cl)C2.C=CC(=O)Nc1ccccc1Nc1ncc2c(n1)N(CC1CC1)C(=O)N(c1c(Cl)c(OC)cc(OC)c1Cl)C2. The zero-order chi connectivity index (χ0) is 83.6. The first-order valence-corrected chi connectivity index (χ1v) is 38.3. The lowest BCUT2D eigenvalue weighted by atomic mass is 9.90. The van der Waals surface area contributed by atoms with Gasteiger partial charge in [-0.15, -0.1) is 0 Å². The molecule has 0 radical (unpaired) electrons. The molecule has 0 saturated heterocycles. The molecule has 2 unspecified atom stereocenters. The lowest BCUT2D eigenvalue weighted by Gasteiger charge is -2.37. The fourth-order valence-corrected chi connectivity index (χ4v) is 14.9. The molecule has 2 atom stereocenters. The standard InChI is InChI=1S/C27H32Cl2N6O4.C27H26Cl2N6O4.C26H23F4N5O4/c2*1-4-21(36)31-17-7-5-6-8-18(17)32-26-30-12-16-14-34(27(37)35(25(16)33-26)13-15-9-10-15)24-22(28)19(38-2)11-20(39-3)23(24)29;1-4-16(36)9-14-7-5-6-8-17(14)32-25-31-11-15-12-34(26(37)35(13-20(27)28)24(15)33-25)23-21(29)18(38-2)10-19(39-3)22(23)30/h4,11-12,15,17-18H,1,5-10,13-14H2,2-3H3,(H,31,36)(H,30,32,33);4-8,11-12,15H,1,9-10,13-14H2,2-3H3,(H,31,36)(H,30,32,33);4-8,10-11,20H,1,9,12-13H2,2-3H3,(H,31,32,33). The Morgan fingerprint density at radius 1 is 0.504 bits per heavy atom. The van der Waals surface area contributed by atoms with Crippen molar-refractivity contribution in [3.8, 4) is 34.5 Å². The molecule has 8 amide bonds. The van der Waals surface area contributed by atoms with Gasteiger partial charge in [-0.25, -0.2) is 46.9 Å². The number of amides is 8. The van der Waals surface area contributed by atoms with Gasteiger partial charge < -0.3 is 55.0 Å². The topological polar surface area (TPSA) is 315 Å². The number of benzene rings is 5. The third-order valence-electron chi connectivity index (χ3n) is 19.8. The number of urea groups is 3. The number of nitrogens with zero attached hydrogens (tertiary/aromatic N) is 12. The van der Waals surface area contributed by atoms with Gasteiger partial charge in [0.05, 0.1) is 91.6 Å². The Labute approximate surface area is 690 Å². The second kappa shape index (κ2) is 37.3. The third-order valence-corrected chi connectivity index (χ3v) is 21.2. The number of para-hydroxylation sites is 3. The summed E-state index contributed by atoms with van der Waals surface area (Å²) in [5.74, 6) is -0.353. The van der Waals surface area contributed by atoms with E-state index in [2.05, 4.69) is 66.3 Å². The maximum atomic E-state index is 15.2. The Hall–Kier alpha value is -11.9. The molecular weight excluding hydrogens is 1610 g/mol. The Balaban J connectivity index is 0.000000162. The summed E-state index contributed by atoms with van der Waals surface area (Å²) >= 11 is 26.7. The van der Waals surface area contributed by atoms with Crippen molar-refractivity contribution in [3.05, 3.63) is 177 Å². The minimum atomic E-state index is -2.99. The van der Waals surface area contributed by atoms with Gasteiger partial charge >= 0.3 is 18.1 Å². The van der Waals surface area contributed by atoms with Gasteiger partial charge in [0.1, 0.15) is 66.2 Å². The summed E-state index contributed by atoms with van der Waals surface area (Å²) in [6.07, 6.45) is 13.3. The summed E-state index contributed by atoms with van der Waals surface area (Å²) < 4.78 is 89.0. The van der Waals surface area contributed by atoms with Gasteiger partial charge in [-0.1, -0.05) is 109 Å². The largest absolute Gasteiger partial charge is 0.495 e. The highest BCUT2D eigenvalue weighted by molar-refractivity contribution is 6.43. The maximum Gasteiger partial charge on any atom is 0.330 e. The number of anilines is 12. The van der Waals surface area contributed by atoms with Gasteiger partial charge in [-0.05, 0) is 92.4 Å². The number of aromatic nitrogens is 6. The normalized spacial score (nSPS) is 16.0. The Bertz CT molecular complexity index is 4900. The maximum absolute atomic E-state index is 15.2. The summed E-state index contributed by atoms with van der Waals surface area (Å²) in [5.41, 5.74) is 3.61. The minimum absolute atomic E-state index is 0.0322. The van der Waals surface area contributed by atoms with Gasteiger partial charge in [-0.2, -0.15) is 15.0 Å². The van der Waals surface area contributed by atoms with Crippen LogP contribution in [-0.2, 0) is 40.4 Å². The van der Waals surface area contributed by atoms with E-state index in [1.165, 1.54) is 62.7 Å². The molecule has 3 aliphatic heterocycles. The number of carbonyl (C=O) groups excluding carboxylic acids is 6. The summed E-state index contributed by atoms with van der Waals surface area (Å²) in [5, 5.41) is 16.1. The molecule has 3 aliphatic carbocycles.